The number of ether oxygens (including phenoxy) is 2. The Bertz CT molecular complexity index is 506. The lowest BCUT2D eigenvalue weighted by Gasteiger charge is -2.33. The van der Waals surface area contributed by atoms with Crippen molar-refractivity contribution in [3.05, 3.63) is 23.8 Å². The minimum atomic E-state index is -0.0168. The molecule has 1 aromatic carbocycles. The molecule has 0 spiro atoms. The molecule has 3 nitrogen and oxygen atoms in total. The van der Waals surface area contributed by atoms with Crippen molar-refractivity contribution in [1.29, 1.82) is 5.26 Å². The van der Waals surface area contributed by atoms with E-state index in [2.05, 4.69) is 13.0 Å². The number of hydrogen-bond donors (Lipinski definition) is 0. The number of rotatable bonds is 5. The van der Waals surface area contributed by atoms with Gasteiger partial charge in [-0.15, -0.1) is 0 Å². The molecule has 0 N–H and O–H groups in total. The largest absolute Gasteiger partial charge is 0.493 e. The highest BCUT2D eigenvalue weighted by Gasteiger charge is 2.32. The Balaban J connectivity index is 2.13. The van der Waals surface area contributed by atoms with Crippen LogP contribution < -0.4 is 9.47 Å². The van der Waals surface area contributed by atoms with Crippen LogP contribution in [-0.2, 0) is 0 Å². The SMILES string of the molecule is CCCC1CCC(C#N)C(Oc2ccc(C)cc2OC)C1. The molecule has 0 aliphatic heterocycles. The van der Waals surface area contributed by atoms with Crippen molar-refractivity contribution < 1.29 is 9.47 Å². The topological polar surface area (TPSA) is 42.2 Å². The molecule has 0 heterocycles. The van der Waals surface area contributed by atoms with Crippen molar-refractivity contribution in [3.63, 3.8) is 0 Å². The van der Waals surface area contributed by atoms with Gasteiger partial charge in [0.15, 0.2) is 11.5 Å². The van der Waals surface area contributed by atoms with Crippen molar-refractivity contribution in [1.82, 2.24) is 0 Å². The number of aryl methyl sites for hydroxylation is 1. The average Bonchev–Trinajstić information content (AvgIpc) is 2.49. The van der Waals surface area contributed by atoms with Gasteiger partial charge in [-0.2, -0.15) is 5.26 Å². The fourth-order valence-electron chi connectivity index (χ4n) is 3.20. The van der Waals surface area contributed by atoms with Gasteiger partial charge in [-0.1, -0.05) is 25.8 Å². The lowest BCUT2D eigenvalue weighted by molar-refractivity contribution is 0.0847. The first-order valence-electron chi connectivity index (χ1n) is 7.88. The van der Waals surface area contributed by atoms with Crippen molar-refractivity contribution in [2.75, 3.05) is 7.11 Å². The minimum Gasteiger partial charge on any atom is -0.493 e. The standard InChI is InChI=1S/C18H25NO2/c1-4-5-14-7-8-15(12-19)17(11-14)21-16-9-6-13(2)10-18(16)20-3/h6,9-10,14-15,17H,4-5,7-8,11H2,1-3H3. The van der Waals surface area contributed by atoms with E-state index in [4.69, 9.17) is 9.47 Å². The van der Waals surface area contributed by atoms with Gasteiger partial charge in [0.05, 0.1) is 19.1 Å². The molecule has 2 rings (SSSR count). The zero-order valence-electron chi connectivity index (χ0n) is 13.3. The van der Waals surface area contributed by atoms with E-state index in [1.165, 1.54) is 12.8 Å². The van der Waals surface area contributed by atoms with Gasteiger partial charge in [0.2, 0.25) is 0 Å². The number of hydrogen-bond acceptors (Lipinski definition) is 3. The van der Waals surface area contributed by atoms with Crippen LogP contribution in [0.15, 0.2) is 18.2 Å². The third kappa shape index (κ3) is 3.91. The van der Waals surface area contributed by atoms with E-state index >= 15 is 0 Å². The van der Waals surface area contributed by atoms with E-state index < -0.39 is 0 Å². The Labute approximate surface area is 127 Å². The van der Waals surface area contributed by atoms with Crippen LogP contribution in [0.5, 0.6) is 11.5 Å². The van der Waals surface area contributed by atoms with Gasteiger partial charge < -0.3 is 9.47 Å². The number of methoxy groups -OCH3 is 1. The first kappa shape index (κ1) is 15.7. The highest BCUT2D eigenvalue weighted by atomic mass is 16.5. The maximum absolute atomic E-state index is 9.36. The van der Waals surface area contributed by atoms with Gasteiger partial charge in [-0.25, -0.2) is 0 Å². The molecular formula is C18H25NO2. The average molecular weight is 287 g/mol. The monoisotopic (exact) mass is 287 g/mol. The second-order valence-corrected chi connectivity index (χ2v) is 6.01. The van der Waals surface area contributed by atoms with Crippen LogP contribution in [0.4, 0.5) is 0 Å². The molecule has 1 fully saturated rings. The normalized spacial score (nSPS) is 25.1. The first-order valence-corrected chi connectivity index (χ1v) is 7.88. The highest BCUT2D eigenvalue weighted by molar-refractivity contribution is 5.42. The molecule has 1 aromatic rings. The van der Waals surface area contributed by atoms with E-state index in [1.54, 1.807) is 7.11 Å². The van der Waals surface area contributed by atoms with Gasteiger partial charge in [0, 0.05) is 0 Å². The van der Waals surface area contributed by atoms with Gasteiger partial charge in [-0.05, 0) is 49.8 Å². The molecule has 0 amide bonds. The Hall–Kier alpha value is -1.69. The Morgan fingerprint density at radius 2 is 2.10 bits per heavy atom. The fourth-order valence-corrected chi connectivity index (χ4v) is 3.20. The van der Waals surface area contributed by atoms with Gasteiger partial charge in [-0.3, -0.25) is 0 Å². The molecule has 0 radical (unpaired) electrons. The van der Waals surface area contributed by atoms with Crippen molar-refractivity contribution in [2.45, 2.75) is 52.1 Å². The summed E-state index contributed by atoms with van der Waals surface area (Å²) in [5.41, 5.74) is 1.14. The molecule has 0 bridgehead atoms. The molecule has 114 valence electrons. The van der Waals surface area contributed by atoms with Gasteiger partial charge in [0.1, 0.15) is 6.10 Å². The van der Waals surface area contributed by atoms with Crippen molar-refractivity contribution >= 4 is 0 Å². The second-order valence-electron chi connectivity index (χ2n) is 6.01. The summed E-state index contributed by atoms with van der Waals surface area (Å²) < 4.78 is 11.6. The zero-order valence-corrected chi connectivity index (χ0v) is 13.3. The van der Waals surface area contributed by atoms with Crippen molar-refractivity contribution in [3.8, 4) is 17.6 Å². The van der Waals surface area contributed by atoms with Crippen LogP contribution in [0.3, 0.4) is 0 Å². The minimum absolute atomic E-state index is 0.0101. The number of nitrogens with zero attached hydrogens (tertiary/aromatic N) is 1. The highest BCUT2D eigenvalue weighted by Crippen LogP contribution is 2.37. The van der Waals surface area contributed by atoms with Crippen molar-refractivity contribution in [2.24, 2.45) is 11.8 Å². The smallest absolute Gasteiger partial charge is 0.161 e. The third-order valence-corrected chi connectivity index (χ3v) is 4.36. The quantitative estimate of drug-likeness (QED) is 0.801. The zero-order chi connectivity index (χ0) is 15.2. The fraction of sp³-hybridized carbons (Fsp3) is 0.611. The summed E-state index contributed by atoms with van der Waals surface area (Å²) in [5, 5.41) is 9.36. The summed E-state index contributed by atoms with van der Waals surface area (Å²) in [6, 6.07) is 8.37. The van der Waals surface area contributed by atoms with Crippen LogP contribution in [0.1, 0.15) is 44.6 Å². The van der Waals surface area contributed by atoms with E-state index in [1.807, 2.05) is 25.1 Å². The molecule has 3 atom stereocenters. The van der Waals surface area contributed by atoms with Crippen LogP contribution in [0, 0.1) is 30.1 Å². The van der Waals surface area contributed by atoms with Crippen LogP contribution >= 0.6 is 0 Å². The van der Waals surface area contributed by atoms with Crippen LogP contribution in [0.2, 0.25) is 0 Å². The Morgan fingerprint density at radius 1 is 1.29 bits per heavy atom. The van der Waals surface area contributed by atoms with Crippen LogP contribution in [-0.4, -0.2) is 13.2 Å². The molecule has 21 heavy (non-hydrogen) atoms. The van der Waals surface area contributed by atoms with E-state index in [0.29, 0.717) is 5.92 Å². The second kappa shape index (κ2) is 7.36. The summed E-state index contributed by atoms with van der Waals surface area (Å²) in [5.74, 6) is 2.18. The van der Waals surface area contributed by atoms with Gasteiger partial charge in [0.25, 0.3) is 0 Å². The maximum Gasteiger partial charge on any atom is 0.161 e. The lowest BCUT2D eigenvalue weighted by Crippen LogP contribution is -2.33. The molecule has 3 heteroatoms. The number of nitriles is 1. The first-order chi connectivity index (χ1) is 10.2. The van der Waals surface area contributed by atoms with E-state index in [9.17, 15) is 5.26 Å². The molecule has 3 unspecified atom stereocenters. The summed E-state index contributed by atoms with van der Waals surface area (Å²) >= 11 is 0. The summed E-state index contributed by atoms with van der Waals surface area (Å²) in [4.78, 5) is 0. The molecule has 0 aromatic heterocycles. The van der Waals surface area contributed by atoms with E-state index in [0.717, 1.165) is 36.3 Å². The summed E-state index contributed by atoms with van der Waals surface area (Å²) in [7, 11) is 1.66. The molecular weight excluding hydrogens is 262 g/mol. The predicted octanol–water partition coefficient (Wildman–Crippen LogP) is 4.49. The lowest BCUT2D eigenvalue weighted by atomic mass is 9.78. The third-order valence-electron chi connectivity index (χ3n) is 4.36. The molecule has 0 saturated heterocycles. The maximum atomic E-state index is 9.36. The molecule has 1 aliphatic rings. The van der Waals surface area contributed by atoms with Crippen LogP contribution in [0.25, 0.3) is 0 Å². The molecule has 1 saturated carbocycles. The Kier molecular flexibility index (Phi) is 5.50. The Morgan fingerprint density at radius 3 is 2.76 bits per heavy atom. The van der Waals surface area contributed by atoms with Gasteiger partial charge >= 0.3 is 0 Å². The number of benzene rings is 1. The predicted molar refractivity (Wildman–Crippen MR) is 83.5 cm³/mol. The van der Waals surface area contributed by atoms with E-state index in [-0.39, 0.29) is 12.0 Å². The summed E-state index contributed by atoms with van der Waals surface area (Å²) in [6.07, 6.45) is 5.47. The molecule has 1 aliphatic carbocycles. The summed E-state index contributed by atoms with van der Waals surface area (Å²) in [6.45, 7) is 4.25.